The SMILES string of the molecule is O=C(Nc1cccc(C(=O)O)c1)OCc1cn(-c2cc3cc(C(=O)O)c(=O)[nH]c3cc2Cl)cn1. The van der Waals surface area contributed by atoms with Crippen molar-refractivity contribution < 1.29 is 29.3 Å². The molecule has 2 aromatic heterocycles. The molecule has 12 heteroatoms. The minimum atomic E-state index is -1.35. The molecule has 34 heavy (non-hydrogen) atoms. The fourth-order valence-electron chi connectivity index (χ4n) is 3.17. The summed E-state index contributed by atoms with van der Waals surface area (Å²) in [6, 6.07) is 10.0. The summed E-state index contributed by atoms with van der Waals surface area (Å²) in [6.45, 7) is -0.181. The average molecular weight is 483 g/mol. The number of nitrogens with zero attached hydrogens (tertiary/aromatic N) is 2. The number of H-pyrrole nitrogens is 1. The Balaban J connectivity index is 1.49. The fourth-order valence-corrected chi connectivity index (χ4v) is 3.43. The Kier molecular flexibility index (Phi) is 6.02. The van der Waals surface area contributed by atoms with Crippen LogP contribution in [-0.4, -0.2) is 42.8 Å². The number of carboxylic acids is 2. The molecule has 0 aliphatic rings. The van der Waals surface area contributed by atoms with Crippen molar-refractivity contribution in [1.29, 1.82) is 0 Å². The molecular formula is C22H15ClN4O7. The minimum Gasteiger partial charge on any atom is -0.478 e. The number of aromatic nitrogens is 3. The van der Waals surface area contributed by atoms with Crippen LogP contribution in [-0.2, 0) is 11.3 Å². The number of carboxylic acid groups (broad SMARTS) is 2. The number of hydrogen-bond donors (Lipinski definition) is 4. The molecule has 0 saturated carbocycles. The Morgan fingerprint density at radius 3 is 2.65 bits per heavy atom. The first-order valence-corrected chi connectivity index (χ1v) is 9.99. The van der Waals surface area contributed by atoms with Gasteiger partial charge in [-0.05, 0) is 36.4 Å². The van der Waals surface area contributed by atoms with E-state index >= 15 is 0 Å². The number of imidazole rings is 1. The number of hydrogen-bond acceptors (Lipinski definition) is 6. The summed E-state index contributed by atoms with van der Waals surface area (Å²) in [4.78, 5) is 52.8. The van der Waals surface area contributed by atoms with Crippen molar-refractivity contribution in [2.24, 2.45) is 0 Å². The van der Waals surface area contributed by atoms with E-state index in [4.69, 9.17) is 21.4 Å². The first kappa shape index (κ1) is 22.6. The van der Waals surface area contributed by atoms with E-state index in [-0.39, 0.29) is 22.9 Å². The second kappa shape index (κ2) is 9.08. The van der Waals surface area contributed by atoms with Gasteiger partial charge >= 0.3 is 18.0 Å². The second-order valence-electron chi connectivity index (χ2n) is 7.07. The number of aromatic amines is 1. The van der Waals surface area contributed by atoms with Gasteiger partial charge in [0.05, 0.1) is 28.3 Å². The third kappa shape index (κ3) is 4.74. The summed E-state index contributed by atoms with van der Waals surface area (Å²) < 4.78 is 6.68. The van der Waals surface area contributed by atoms with Crippen molar-refractivity contribution >= 4 is 46.2 Å². The minimum absolute atomic E-state index is 0.0170. The third-order valence-corrected chi connectivity index (χ3v) is 5.07. The number of pyridine rings is 1. The smallest absolute Gasteiger partial charge is 0.412 e. The summed E-state index contributed by atoms with van der Waals surface area (Å²) in [6.07, 6.45) is 2.20. The molecule has 2 heterocycles. The summed E-state index contributed by atoms with van der Waals surface area (Å²) in [7, 11) is 0. The highest BCUT2D eigenvalue weighted by Crippen LogP contribution is 2.26. The summed E-state index contributed by atoms with van der Waals surface area (Å²) in [5, 5.41) is 21.3. The molecule has 4 aromatic rings. The standard InChI is InChI=1S/C22H15ClN4O7/c23-16-7-17-12(5-15(21(31)32)19(28)26-17)6-18(16)27-8-14(24-10-27)9-34-22(33)25-13-3-1-2-11(4-13)20(29)30/h1-8,10H,9H2,(H,25,33)(H,26,28)(H,29,30)(H,31,32). The van der Waals surface area contributed by atoms with E-state index in [1.54, 1.807) is 16.8 Å². The van der Waals surface area contributed by atoms with E-state index < -0.39 is 29.2 Å². The summed E-state index contributed by atoms with van der Waals surface area (Å²) >= 11 is 6.33. The highest BCUT2D eigenvalue weighted by molar-refractivity contribution is 6.33. The second-order valence-corrected chi connectivity index (χ2v) is 7.47. The van der Waals surface area contributed by atoms with Gasteiger partial charge < -0.3 is 24.5 Å². The molecule has 0 aliphatic carbocycles. The van der Waals surface area contributed by atoms with Crippen molar-refractivity contribution in [2.75, 3.05) is 5.32 Å². The van der Waals surface area contributed by atoms with E-state index in [2.05, 4.69) is 15.3 Å². The van der Waals surface area contributed by atoms with Crippen LogP contribution in [0.3, 0.4) is 0 Å². The number of carbonyl (C=O) groups is 3. The topological polar surface area (TPSA) is 164 Å². The first-order valence-electron chi connectivity index (χ1n) is 9.61. The van der Waals surface area contributed by atoms with Gasteiger partial charge in [-0.25, -0.2) is 19.4 Å². The lowest BCUT2D eigenvalue weighted by atomic mass is 10.1. The molecule has 0 fully saturated rings. The molecule has 0 spiro atoms. The Morgan fingerprint density at radius 1 is 1.12 bits per heavy atom. The Bertz CT molecular complexity index is 1510. The number of ether oxygens (including phenoxy) is 1. The van der Waals surface area contributed by atoms with Gasteiger partial charge in [-0.3, -0.25) is 10.1 Å². The number of benzene rings is 2. The Hall–Kier alpha value is -4.64. The lowest BCUT2D eigenvalue weighted by Gasteiger charge is -2.08. The number of amides is 1. The Morgan fingerprint density at radius 2 is 1.91 bits per heavy atom. The van der Waals surface area contributed by atoms with Gasteiger partial charge in [0.2, 0.25) is 0 Å². The van der Waals surface area contributed by atoms with Gasteiger partial charge in [-0.1, -0.05) is 17.7 Å². The van der Waals surface area contributed by atoms with Crippen LogP contribution in [0.4, 0.5) is 10.5 Å². The maximum absolute atomic E-state index is 12.0. The highest BCUT2D eigenvalue weighted by Gasteiger charge is 2.14. The maximum Gasteiger partial charge on any atom is 0.412 e. The summed E-state index contributed by atoms with van der Waals surface area (Å²) in [5.74, 6) is -2.48. The van der Waals surface area contributed by atoms with Crippen LogP contribution in [0.5, 0.6) is 0 Å². The van der Waals surface area contributed by atoms with Crippen LogP contribution in [0.15, 0.2) is 59.8 Å². The van der Waals surface area contributed by atoms with Gasteiger partial charge in [-0.2, -0.15) is 0 Å². The molecule has 0 radical (unpaired) electrons. The quantitative estimate of drug-likeness (QED) is 0.324. The van der Waals surface area contributed by atoms with E-state index in [9.17, 15) is 24.3 Å². The molecule has 0 aliphatic heterocycles. The number of fused-ring (bicyclic) bond motifs is 1. The number of anilines is 1. The lowest BCUT2D eigenvalue weighted by Crippen LogP contribution is -2.17. The molecular weight excluding hydrogens is 468 g/mol. The number of rotatable bonds is 6. The molecule has 0 atom stereocenters. The number of nitrogens with one attached hydrogen (secondary N) is 2. The highest BCUT2D eigenvalue weighted by atomic mass is 35.5. The maximum atomic E-state index is 12.0. The van der Waals surface area contributed by atoms with Gasteiger partial charge in [0.1, 0.15) is 12.2 Å². The zero-order valence-electron chi connectivity index (χ0n) is 17.1. The zero-order chi connectivity index (χ0) is 24.4. The van der Waals surface area contributed by atoms with Crippen LogP contribution >= 0.6 is 11.6 Å². The molecule has 11 nitrogen and oxygen atoms in total. The molecule has 4 N–H and O–H groups in total. The van der Waals surface area contributed by atoms with Gasteiger partial charge in [0, 0.05) is 22.8 Å². The number of carbonyl (C=O) groups excluding carboxylic acids is 1. The number of halogens is 1. The normalized spacial score (nSPS) is 10.7. The van der Waals surface area contributed by atoms with Crippen molar-refractivity contribution in [2.45, 2.75) is 6.61 Å². The van der Waals surface area contributed by atoms with Crippen molar-refractivity contribution in [3.05, 3.63) is 87.2 Å². The van der Waals surface area contributed by atoms with Crippen molar-refractivity contribution in [1.82, 2.24) is 14.5 Å². The van der Waals surface area contributed by atoms with Crippen LogP contribution in [0.1, 0.15) is 26.4 Å². The van der Waals surface area contributed by atoms with Crippen LogP contribution in [0.25, 0.3) is 16.6 Å². The van der Waals surface area contributed by atoms with E-state index in [0.717, 1.165) is 0 Å². The van der Waals surface area contributed by atoms with Crippen LogP contribution in [0, 0.1) is 0 Å². The molecule has 2 aromatic carbocycles. The van der Waals surface area contributed by atoms with Gasteiger partial charge in [0.15, 0.2) is 0 Å². The van der Waals surface area contributed by atoms with Crippen LogP contribution in [0.2, 0.25) is 5.02 Å². The average Bonchev–Trinajstić information content (AvgIpc) is 3.25. The van der Waals surface area contributed by atoms with Crippen molar-refractivity contribution in [3.8, 4) is 5.69 Å². The predicted molar refractivity (Wildman–Crippen MR) is 121 cm³/mol. The molecule has 4 rings (SSSR count). The summed E-state index contributed by atoms with van der Waals surface area (Å²) in [5.41, 5.74) is 0.361. The third-order valence-electron chi connectivity index (χ3n) is 4.76. The molecule has 1 amide bonds. The molecule has 0 bridgehead atoms. The van der Waals surface area contributed by atoms with E-state index in [1.165, 1.54) is 42.7 Å². The zero-order valence-corrected chi connectivity index (χ0v) is 17.9. The van der Waals surface area contributed by atoms with Gasteiger partial charge in [0.25, 0.3) is 5.56 Å². The lowest BCUT2D eigenvalue weighted by molar-refractivity contribution is 0.0685. The Labute approximate surface area is 195 Å². The molecule has 172 valence electrons. The van der Waals surface area contributed by atoms with Crippen molar-refractivity contribution in [3.63, 3.8) is 0 Å². The monoisotopic (exact) mass is 482 g/mol. The predicted octanol–water partition coefficient (Wildman–Crippen LogP) is 3.51. The van der Waals surface area contributed by atoms with Crippen LogP contribution < -0.4 is 10.9 Å². The first-order chi connectivity index (χ1) is 16.2. The molecule has 0 unspecified atom stereocenters. The largest absolute Gasteiger partial charge is 0.478 e. The van der Waals surface area contributed by atoms with E-state index in [1.807, 2.05) is 0 Å². The van der Waals surface area contributed by atoms with E-state index in [0.29, 0.717) is 22.3 Å². The van der Waals surface area contributed by atoms with Gasteiger partial charge in [-0.15, -0.1) is 0 Å². The molecule has 0 saturated heterocycles. The fraction of sp³-hybridized carbons (Fsp3) is 0.0455. The number of aromatic carboxylic acids is 2.